The molecule has 4 N–H and O–H groups in total. The van der Waals surface area contributed by atoms with Gasteiger partial charge in [-0.2, -0.15) is 5.10 Å². The van der Waals surface area contributed by atoms with E-state index in [0.29, 0.717) is 17.7 Å². The topological polar surface area (TPSA) is 87.8 Å². The molecule has 2 aromatic rings. The summed E-state index contributed by atoms with van der Waals surface area (Å²) in [5.74, 6) is 3.19. The zero-order valence-corrected chi connectivity index (χ0v) is 9.80. The molecule has 0 aliphatic carbocycles. The van der Waals surface area contributed by atoms with E-state index in [1.807, 2.05) is 12.1 Å². The Bertz CT molecular complexity index is 557. The molecule has 1 aromatic carbocycles. The Kier molecular flexibility index (Phi) is 3.60. The Morgan fingerprint density at radius 2 is 2.33 bits per heavy atom. The van der Waals surface area contributed by atoms with E-state index in [2.05, 4.69) is 21.1 Å². The third-order valence-corrected chi connectivity index (χ3v) is 2.66. The van der Waals surface area contributed by atoms with Crippen molar-refractivity contribution < 1.29 is 5.11 Å². The summed E-state index contributed by atoms with van der Waals surface area (Å²) >= 11 is 0. The van der Waals surface area contributed by atoms with Crippen molar-refractivity contribution >= 4 is 5.69 Å². The maximum atomic E-state index is 9.89. The van der Waals surface area contributed by atoms with E-state index in [1.165, 1.54) is 6.33 Å². The number of aromatic nitrogens is 3. The third-order valence-electron chi connectivity index (χ3n) is 2.66. The maximum Gasteiger partial charge on any atom is 0.137 e. The number of aliphatic hydroxyl groups is 1. The molecule has 0 saturated carbocycles. The number of anilines is 1. The number of aromatic amines is 1. The van der Waals surface area contributed by atoms with Crippen molar-refractivity contribution in [3.63, 3.8) is 0 Å². The first-order valence-electron chi connectivity index (χ1n) is 5.54. The Morgan fingerprint density at radius 3 is 3.00 bits per heavy atom. The lowest BCUT2D eigenvalue weighted by Crippen LogP contribution is -2.03. The molecule has 1 unspecified atom stereocenters. The van der Waals surface area contributed by atoms with E-state index in [9.17, 15) is 5.11 Å². The highest BCUT2D eigenvalue weighted by molar-refractivity contribution is 5.50. The van der Waals surface area contributed by atoms with Crippen LogP contribution in [0.25, 0.3) is 0 Å². The highest BCUT2D eigenvalue weighted by Crippen LogP contribution is 2.24. The number of nitrogen functional groups attached to an aromatic ring is 1. The van der Waals surface area contributed by atoms with Gasteiger partial charge in [-0.25, -0.2) is 4.98 Å². The third kappa shape index (κ3) is 2.67. The second kappa shape index (κ2) is 5.34. The zero-order chi connectivity index (χ0) is 13.0. The van der Waals surface area contributed by atoms with Crippen LogP contribution in [0.15, 0.2) is 24.5 Å². The first kappa shape index (κ1) is 12.1. The van der Waals surface area contributed by atoms with Gasteiger partial charge in [0.15, 0.2) is 0 Å². The van der Waals surface area contributed by atoms with Gasteiger partial charge < -0.3 is 10.8 Å². The Balaban J connectivity index is 2.23. The predicted octanol–water partition coefficient (Wildman–Crippen LogP) is 1.03. The minimum absolute atomic E-state index is 0.246. The highest BCUT2D eigenvalue weighted by Gasteiger charge is 2.11. The van der Waals surface area contributed by atoms with E-state index in [-0.39, 0.29) is 6.42 Å². The summed E-state index contributed by atoms with van der Waals surface area (Å²) in [7, 11) is 0. The molecule has 5 heteroatoms. The quantitative estimate of drug-likeness (QED) is 0.552. The summed E-state index contributed by atoms with van der Waals surface area (Å²) in [6.45, 7) is 0. The minimum Gasteiger partial charge on any atom is -0.398 e. The molecule has 0 aliphatic heterocycles. The van der Waals surface area contributed by atoms with Crippen molar-refractivity contribution in [2.45, 2.75) is 18.9 Å². The molecular formula is C13H14N4O. The van der Waals surface area contributed by atoms with Crippen LogP contribution in [0, 0.1) is 12.3 Å². The standard InChI is InChI=1S/C13H14N4O/c1-2-3-12(18)10-6-9(4-5-11(10)14)7-13-15-8-16-17-13/h1,4-6,8,12,18H,3,7,14H2,(H,15,16,17). The number of nitrogens with zero attached hydrogens (tertiary/aromatic N) is 2. The number of H-pyrrole nitrogens is 1. The monoisotopic (exact) mass is 242 g/mol. The number of benzene rings is 1. The summed E-state index contributed by atoms with van der Waals surface area (Å²) in [6, 6.07) is 5.50. The van der Waals surface area contributed by atoms with Crippen molar-refractivity contribution in [3.05, 3.63) is 41.5 Å². The molecule has 2 rings (SSSR count). The lowest BCUT2D eigenvalue weighted by Gasteiger charge is -2.12. The number of rotatable bonds is 4. The Hall–Kier alpha value is -2.32. The van der Waals surface area contributed by atoms with Crippen LogP contribution in [0.4, 0.5) is 5.69 Å². The zero-order valence-electron chi connectivity index (χ0n) is 9.80. The largest absolute Gasteiger partial charge is 0.398 e. The van der Waals surface area contributed by atoms with Crippen LogP contribution < -0.4 is 5.73 Å². The van der Waals surface area contributed by atoms with Crippen LogP contribution in [0.3, 0.4) is 0 Å². The van der Waals surface area contributed by atoms with Gasteiger partial charge in [0, 0.05) is 24.1 Å². The van der Waals surface area contributed by atoms with Gasteiger partial charge in [-0.05, 0) is 11.6 Å². The first-order valence-corrected chi connectivity index (χ1v) is 5.54. The normalized spacial score (nSPS) is 12.0. The first-order chi connectivity index (χ1) is 8.70. The molecule has 5 nitrogen and oxygen atoms in total. The lowest BCUT2D eigenvalue weighted by atomic mass is 10.0. The van der Waals surface area contributed by atoms with Gasteiger partial charge in [0.1, 0.15) is 12.2 Å². The Labute approximate surface area is 105 Å². The Morgan fingerprint density at radius 1 is 1.50 bits per heavy atom. The second-order valence-corrected chi connectivity index (χ2v) is 4.00. The smallest absolute Gasteiger partial charge is 0.137 e. The molecule has 0 amide bonds. The molecule has 0 spiro atoms. The molecule has 0 aliphatic rings. The molecule has 18 heavy (non-hydrogen) atoms. The summed E-state index contributed by atoms with van der Waals surface area (Å²) in [6.07, 6.45) is 6.77. The van der Waals surface area contributed by atoms with Gasteiger partial charge in [0.25, 0.3) is 0 Å². The van der Waals surface area contributed by atoms with E-state index < -0.39 is 6.10 Å². The van der Waals surface area contributed by atoms with Crippen LogP contribution in [0.1, 0.15) is 29.5 Å². The van der Waals surface area contributed by atoms with E-state index >= 15 is 0 Å². The van der Waals surface area contributed by atoms with Crippen LogP contribution in [0.2, 0.25) is 0 Å². The van der Waals surface area contributed by atoms with Gasteiger partial charge in [-0.3, -0.25) is 5.10 Å². The van der Waals surface area contributed by atoms with Crippen molar-refractivity contribution in [1.29, 1.82) is 0 Å². The van der Waals surface area contributed by atoms with Gasteiger partial charge in [-0.1, -0.05) is 12.1 Å². The SMILES string of the molecule is C#CCC(O)c1cc(Cc2ncn[nH]2)ccc1N. The van der Waals surface area contributed by atoms with Crippen LogP contribution in [-0.2, 0) is 6.42 Å². The number of hydrogen-bond acceptors (Lipinski definition) is 4. The fraction of sp³-hybridized carbons (Fsp3) is 0.231. The molecule has 92 valence electrons. The fourth-order valence-corrected chi connectivity index (χ4v) is 1.75. The van der Waals surface area contributed by atoms with Crippen molar-refractivity contribution in [2.24, 2.45) is 0 Å². The molecule has 1 aromatic heterocycles. The van der Waals surface area contributed by atoms with E-state index in [0.717, 1.165) is 11.4 Å². The number of hydrogen-bond donors (Lipinski definition) is 3. The van der Waals surface area contributed by atoms with Crippen LogP contribution >= 0.6 is 0 Å². The van der Waals surface area contributed by atoms with Crippen molar-refractivity contribution in [3.8, 4) is 12.3 Å². The fourth-order valence-electron chi connectivity index (χ4n) is 1.75. The molecule has 0 fully saturated rings. The predicted molar refractivity (Wildman–Crippen MR) is 68.5 cm³/mol. The number of nitrogens with two attached hydrogens (primary N) is 1. The average Bonchev–Trinajstić information content (AvgIpc) is 2.84. The van der Waals surface area contributed by atoms with Crippen molar-refractivity contribution in [1.82, 2.24) is 15.2 Å². The van der Waals surface area contributed by atoms with Crippen molar-refractivity contribution in [2.75, 3.05) is 5.73 Å². The molecule has 1 heterocycles. The van der Waals surface area contributed by atoms with Crippen LogP contribution in [-0.4, -0.2) is 20.3 Å². The molecule has 0 saturated heterocycles. The van der Waals surface area contributed by atoms with E-state index in [4.69, 9.17) is 12.2 Å². The summed E-state index contributed by atoms with van der Waals surface area (Å²) < 4.78 is 0. The number of aliphatic hydroxyl groups excluding tert-OH is 1. The van der Waals surface area contributed by atoms with Gasteiger partial charge >= 0.3 is 0 Å². The summed E-state index contributed by atoms with van der Waals surface area (Å²) in [4.78, 5) is 4.05. The van der Waals surface area contributed by atoms with Gasteiger partial charge in [0.05, 0.1) is 6.10 Å². The summed E-state index contributed by atoms with van der Waals surface area (Å²) in [5, 5.41) is 16.5. The molecule has 0 bridgehead atoms. The van der Waals surface area contributed by atoms with Crippen LogP contribution in [0.5, 0.6) is 0 Å². The second-order valence-electron chi connectivity index (χ2n) is 4.00. The van der Waals surface area contributed by atoms with Gasteiger partial charge in [0.2, 0.25) is 0 Å². The van der Waals surface area contributed by atoms with Gasteiger partial charge in [-0.15, -0.1) is 12.3 Å². The number of terminal acetylenes is 1. The lowest BCUT2D eigenvalue weighted by molar-refractivity contribution is 0.184. The molecule has 0 radical (unpaired) electrons. The minimum atomic E-state index is -0.732. The maximum absolute atomic E-state index is 9.89. The summed E-state index contributed by atoms with van der Waals surface area (Å²) in [5.41, 5.74) is 8.02. The van der Waals surface area contributed by atoms with E-state index in [1.54, 1.807) is 6.07 Å². The molecule has 1 atom stereocenters. The highest BCUT2D eigenvalue weighted by atomic mass is 16.3. The average molecular weight is 242 g/mol. The molecular weight excluding hydrogens is 228 g/mol. The number of nitrogens with one attached hydrogen (secondary N) is 1.